The first-order chi connectivity index (χ1) is 16.0. The lowest BCUT2D eigenvalue weighted by atomic mass is 9.78. The number of carbonyl (C=O) groups excluding carboxylic acids is 1. The molecule has 3 aromatic rings. The fraction of sp³-hybridized carbons (Fsp3) is 0.280. The molecule has 0 aliphatic carbocycles. The average Bonchev–Trinajstić information content (AvgIpc) is 2.79. The van der Waals surface area contributed by atoms with Gasteiger partial charge in [-0.3, -0.25) is 0 Å². The number of aromatic nitrogens is 2. The molecule has 0 saturated carbocycles. The lowest BCUT2D eigenvalue weighted by Gasteiger charge is -2.29. The van der Waals surface area contributed by atoms with Crippen LogP contribution in [0.2, 0.25) is 0 Å². The second-order valence-corrected chi connectivity index (χ2v) is 8.14. The summed E-state index contributed by atoms with van der Waals surface area (Å²) in [6.07, 6.45) is 3.63. The molecule has 0 bridgehead atoms. The Morgan fingerprint density at radius 3 is 2.06 bits per heavy atom. The van der Waals surface area contributed by atoms with Gasteiger partial charge in [0.05, 0.1) is 12.4 Å². The Morgan fingerprint density at radius 1 is 0.970 bits per heavy atom. The molecule has 4 rings (SSSR count). The van der Waals surface area contributed by atoms with E-state index in [0.717, 1.165) is 30.6 Å². The molecule has 8 nitrogen and oxygen atoms in total. The van der Waals surface area contributed by atoms with Crippen LogP contribution in [-0.4, -0.2) is 40.8 Å². The van der Waals surface area contributed by atoms with Gasteiger partial charge < -0.3 is 19.1 Å². The molecule has 8 heteroatoms. The van der Waals surface area contributed by atoms with Crippen molar-refractivity contribution in [2.45, 2.75) is 25.7 Å². The summed E-state index contributed by atoms with van der Waals surface area (Å²) in [7, 11) is 0. The molecule has 1 aliphatic heterocycles. The number of benzene rings is 2. The zero-order chi connectivity index (χ0) is 23.3. The van der Waals surface area contributed by atoms with Gasteiger partial charge in [0.1, 0.15) is 17.6 Å². The fourth-order valence-electron chi connectivity index (χ4n) is 3.37. The van der Waals surface area contributed by atoms with Gasteiger partial charge in [-0.1, -0.05) is 38.1 Å². The Kier molecular flexibility index (Phi) is 6.41. The van der Waals surface area contributed by atoms with E-state index in [1.54, 1.807) is 4.90 Å². The van der Waals surface area contributed by atoms with Crippen LogP contribution in [0.25, 0.3) is 0 Å². The highest BCUT2D eigenvalue weighted by Crippen LogP contribution is 2.34. The largest absolute Gasteiger partial charge is 0.457 e. The standard InChI is InChI=1S/C25H24N4O4/c1-25(2,18-4-8-20(9-5-18)31-17-32-24(30)29-12-3-13-29)19-6-10-21(11-7-19)33-22-15-27-23(14-26)28-16-22/h4-11,15-16H,3,12-13,17H2,1-2H3. The van der Waals surface area contributed by atoms with E-state index in [2.05, 4.69) is 23.8 Å². The monoisotopic (exact) mass is 444 g/mol. The van der Waals surface area contributed by atoms with Gasteiger partial charge in [0.15, 0.2) is 5.75 Å². The van der Waals surface area contributed by atoms with Crippen LogP contribution in [0.15, 0.2) is 60.9 Å². The molecule has 1 aliphatic rings. The molecule has 0 N–H and O–H groups in total. The van der Waals surface area contributed by atoms with Crippen molar-refractivity contribution in [2.24, 2.45) is 0 Å². The van der Waals surface area contributed by atoms with Crippen molar-refractivity contribution in [1.29, 1.82) is 5.26 Å². The quantitative estimate of drug-likeness (QED) is 0.490. The zero-order valence-corrected chi connectivity index (χ0v) is 18.5. The molecule has 2 aromatic carbocycles. The number of nitriles is 1. The minimum absolute atomic E-state index is 0.101. The molecule has 0 radical (unpaired) electrons. The molecular weight excluding hydrogens is 420 g/mol. The lowest BCUT2D eigenvalue weighted by molar-refractivity contribution is 0.0236. The molecule has 1 fully saturated rings. The summed E-state index contributed by atoms with van der Waals surface area (Å²) in [5, 5.41) is 8.78. The van der Waals surface area contributed by atoms with Crippen LogP contribution in [0.3, 0.4) is 0 Å². The molecule has 1 amide bonds. The summed E-state index contributed by atoms with van der Waals surface area (Å²) >= 11 is 0. The van der Waals surface area contributed by atoms with Crippen LogP contribution in [-0.2, 0) is 10.2 Å². The van der Waals surface area contributed by atoms with Gasteiger partial charge >= 0.3 is 6.09 Å². The number of nitrogens with zero attached hydrogens (tertiary/aromatic N) is 4. The second-order valence-electron chi connectivity index (χ2n) is 8.14. The van der Waals surface area contributed by atoms with E-state index in [-0.39, 0.29) is 24.1 Å². The number of hydrogen-bond acceptors (Lipinski definition) is 7. The Bertz CT molecular complexity index is 1130. The summed E-state index contributed by atoms with van der Waals surface area (Å²) in [5.74, 6) is 1.86. The van der Waals surface area contributed by atoms with Crippen LogP contribution >= 0.6 is 0 Å². The van der Waals surface area contributed by atoms with E-state index >= 15 is 0 Å². The topological polar surface area (TPSA) is 97.6 Å². The summed E-state index contributed by atoms with van der Waals surface area (Å²) in [6, 6.07) is 17.4. The van der Waals surface area contributed by atoms with Crippen LogP contribution in [0.1, 0.15) is 37.2 Å². The summed E-state index contributed by atoms with van der Waals surface area (Å²) in [4.78, 5) is 21.2. The van der Waals surface area contributed by atoms with Gasteiger partial charge in [0.2, 0.25) is 12.6 Å². The van der Waals surface area contributed by atoms with E-state index in [9.17, 15) is 4.79 Å². The smallest absolute Gasteiger partial charge is 0.412 e. The van der Waals surface area contributed by atoms with Crippen molar-refractivity contribution in [2.75, 3.05) is 19.9 Å². The molecule has 33 heavy (non-hydrogen) atoms. The normalized spacial score (nSPS) is 12.9. The molecule has 2 heterocycles. The number of ether oxygens (including phenoxy) is 3. The van der Waals surface area contributed by atoms with Crippen molar-refractivity contribution in [1.82, 2.24) is 14.9 Å². The Hall–Kier alpha value is -4.12. The molecule has 0 unspecified atom stereocenters. The van der Waals surface area contributed by atoms with E-state index < -0.39 is 0 Å². The van der Waals surface area contributed by atoms with Crippen molar-refractivity contribution in [3.05, 3.63) is 77.9 Å². The van der Waals surface area contributed by atoms with Gasteiger partial charge in [-0.15, -0.1) is 0 Å². The summed E-state index contributed by atoms with van der Waals surface area (Å²) in [6.45, 7) is 5.67. The van der Waals surface area contributed by atoms with Crippen molar-refractivity contribution in [3.63, 3.8) is 0 Å². The first kappa shape index (κ1) is 22.1. The van der Waals surface area contributed by atoms with Gasteiger partial charge in [-0.25, -0.2) is 14.8 Å². The van der Waals surface area contributed by atoms with Gasteiger partial charge in [0, 0.05) is 18.5 Å². The van der Waals surface area contributed by atoms with Crippen molar-refractivity contribution >= 4 is 6.09 Å². The number of rotatable bonds is 7. The zero-order valence-electron chi connectivity index (χ0n) is 18.5. The number of hydrogen-bond donors (Lipinski definition) is 0. The second kappa shape index (κ2) is 9.57. The highest BCUT2D eigenvalue weighted by molar-refractivity contribution is 5.68. The van der Waals surface area contributed by atoms with Crippen LogP contribution in [0.4, 0.5) is 4.79 Å². The third-order valence-corrected chi connectivity index (χ3v) is 5.64. The SMILES string of the molecule is CC(C)(c1ccc(OCOC(=O)N2CCC2)cc1)c1ccc(Oc2cnc(C#N)nc2)cc1. The molecule has 0 spiro atoms. The Labute approximate surface area is 192 Å². The predicted molar refractivity (Wildman–Crippen MR) is 120 cm³/mol. The maximum atomic E-state index is 11.7. The van der Waals surface area contributed by atoms with Crippen molar-refractivity contribution < 1.29 is 19.0 Å². The van der Waals surface area contributed by atoms with Crippen LogP contribution in [0.5, 0.6) is 17.2 Å². The minimum Gasteiger partial charge on any atom is -0.457 e. The van der Waals surface area contributed by atoms with Crippen molar-refractivity contribution in [3.8, 4) is 23.3 Å². The Balaban J connectivity index is 1.35. The first-order valence-electron chi connectivity index (χ1n) is 10.6. The van der Waals surface area contributed by atoms with E-state index in [0.29, 0.717) is 17.2 Å². The summed E-state index contributed by atoms with van der Waals surface area (Å²) < 4.78 is 16.4. The predicted octanol–water partition coefficient (Wildman–Crippen LogP) is 4.65. The third-order valence-electron chi connectivity index (χ3n) is 5.64. The van der Waals surface area contributed by atoms with E-state index in [4.69, 9.17) is 19.5 Å². The number of amides is 1. The maximum Gasteiger partial charge on any atom is 0.412 e. The van der Waals surface area contributed by atoms with Gasteiger partial charge in [-0.2, -0.15) is 5.26 Å². The number of likely N-dealkylation sites (tertiary alicyclic amines) is 1. The maximum absolute atomic E-state index is 11.7. The van der Waals surface area contributed by atoms with Gasteiger partial charge in [0.25, 0.3) is 0 Å². The molecule has 168 valence electrons. The minimum atomic E-state index is -0.335. The fourth-order valence-corrected chi connectivity index (χ4v) is 3.37. The first-order valence-corrected chi connectivity index (χ1v) is 10.6. The summed E-state index contributed by atoms with van der Waals surface area (Å²) in [5.41, 5.74) is 1.98. The molecule has 1 saturated heterocycles. The highest BCUT2D eigenvalue weighted by Gasteiger charge is 2.24. The Morgan fingerprint density at radius 2 is 1.55 bits per heavy atom. The van der Waals surface area contributed by atoms with Gasteiger partial charge in [-0.05, 0) is 41.8 Å². The molecule has 1 aromatic heterocycles. The van der Waals surface area contributed by atoms with E-state index in [1.807, 2.05) is 54.6 Å². The number of carbonyl (C=O) groups is 1. The van der Waals surface area contributed by atoms with Crippen LogP contribution < -0.4 is 9.47 Å². The highest BCUT2D eigenvalue weighted by atomic mass is 16.7. The molecular formula is C25H24N4O4. The lowest BCUT2D eigenvalue weighted by Crippen LogP contribution is -2.42. The van der Waals surface area contributed by atoms with E-state index in [1.165, 1.54) is 12.4 Å². The molecule has 0 atom stereocenters. The third kappa shape index (κ3) is 5.21. The average molecular weight is 444 g/mol. The van der Waals surface area contributed by atoms with Crippen LogP contribution in [0, 0.1) is 11.3 Å².